The Kier molecular flexibility index (Phi) is 4.06. The van der Waals surface area contributed by atoms with Crippen molar-refractivity contribution in [2.75, 3.05) is 11.9 Å². The summed E-state index contributed by atoms with van der Waals surface area (Å²) in [5, 5.41) is 11.8. The fourth-order valence-corrected chi connectivity index (χ4v) is 2.62. The Morgan fingerprint density at radius 2 is 2.13 bits per heavy atom. The van der Waals surface area contributed by atoms with Gasteiger partial charge in [0, 0.05) is 18.2 Å². The number of rotatable bonds is 4. The maximum absolute atomic E-state index is 12.3. The molecule has 2 aromatic rings. The van der Waals surface area contributed by atoms with E-state index in [1.54, 1.807) is 13.0 Å². The van der Waals surface area contributed by atoms with Gasteiger partial charge in [0.05, 0.1) is 6.61 Å². The normalized spacial score (nSPS) is 13.1. The summed E-state index contributed by atoms with van der Waals surface area (Å²) in [6.07, 6.45) is 2.26. The van der Waals surface area contributed by atoms with Crippen LogP contribution in [0.15, 0.2) is 28.7 Å². The first-order valence-electron chi connectivity index (χ1n) is 7.51. The molecule has 6 nitrogen and oxygen atoms in total. The molecule has 1 aliphatic heterocycles. The molecular formula is C17H17NO5. The number of ether oxygens (including phenoxy) is 1. The largest absolute Gasteiger partial charge is 0.493 e. The number of anilines is 1. The van der Waals surface area contributed by atoms with Crippen LogP contribution in [-0.4, -0.2) is 23.6 Å². The first kappa shape index (κ1) is 15.1. The van der Waals surface area contributed by atoms with Crippen molar-refractivity contribution in [3.8, 4) is 5.75 Å². The third-order valence-electron chi connectivity index (χ3n) is 3.75. The van der Waals surface area contributed by atoms with Crippen LogP contribution in [0.1, 0.15) is 45.6 Å². The van der Waals surface area contributed by atoms with Crippen LogP contribution in [0.3, 0.4) is 0 Å². The Morgan fingerprint density at radius 1 is 1.30 bits per heavy atom. The van der Waals surface area contributed by atoms with Crippen molar-refractivity contribution in [3.63, 3.8) is 0 Å². The van der Waals surface area contributed by atoms with Gasteiger partial charge in [-0.15, -0.1) is 0 Å². The van der Waals surface area contributed by atoms with E-state index in [0.717, 1.165) is 24.2 Å². The molecule has 2 heterocycles. The zero-order valence-corrected chi connectivity index (χ0v) is 12.7. The molecule has 0 radical (unpaired) electrons. The van der Waals surface area contributed by atoms with E-state index in [4.69, 9.17) is 14.3 Å². The molecule has 6 heteroatoms. The van der Waals surface area contributed by atoms with Crippen LogP contribution < -0.4 is 10.1 Å². The van der Waals surface area contributed by atoms with E-state index in [0.29, 0.717) is 24.5 Å². The van der Waals surface area contributed by atoms with Crippen molar-refractivity contribution in [2.24, 2.45) is 0 Å². The molecule has 0 aliphatic carbocycles. The number of carboxylic acids is 1. The number of aromatic carboxylic acids is 1. The number of fused-ring (bicyclic) bond motifs is 1. The third kappa shape index (κ3) is 3.06. The number of carboxylic acid groups (broad SMARTS) is 1. The van der Waals surface area contributed by atoms with Gasteiger partial charge >= 0.3 is 5.97 Å². The number of furan rings is 1. The molecule has 0 spiro atoms. The molecule has 0 unspecified atom stereocenters. The van der Waals surface area contributed by atoms with Crippen LogP contribution in [0.4, 0.5) is 5.69 Å². The fourth-order valence-electron chi connectivity index (χ4n) is 2.62. The van der Waals surface area contributed by atoms with Crippen LogP contribution in [0.5, 0.6) is 5.75 Å². The average molecular weight is 315 g/mol. The molecule has 0 saturated carbocycles. The van der Waals surface area contributed by atoms with Crippen LogP contribution in [0.2, 0.25) is 0 Å². The van der Waals surface area contributed by atoms with Gasteiger partial charge in [-0.2, -0.15) is 0 Å². The highest BCUT2D eigenvalue weighted by molar-refractivity contribution is 6.04. The molecule has 1 amide bonds. The summed E-state index contributed by atoms with van der Waals surface area (Å²) >= 11 is 0. The van der Waals surface area contributed by atoms with Crippen molar-refractivity contribution < 1.29 is 23.8 Å². The monoisotopic (exact) mass is 315 g/mol. The van der Waals surface area contributed by atoms with Gasteiger partial charge in [0.15, 0.2) is 5.76 Å². The molecule has 0 fully saturated rings. The molecule has 0 bridgehead atoms. The lowest BCUT2D eigenvalue weighted by molar-refractivity contribution is 0.0694. The van der Waals surface area contributed by atoms with Crippen molar-refractivity contribution in [3.05, 3.63) is 46.9 Å². The molecule has 2 N–H and O–H groups in total. The van der Waals surface area contributed by atoms with Crippen molar-refractivity contribution in [1.29, 1.82) is 0 Å². The molecule has 1 aromatic carbocycles. The molecule has 120 valence electrons. The Hall–Kier alpha value is -2.76. The number of aryl methyl sites for hydroxylation is 2. The highest BCUT2D eigenvalue weighted by atomic mass is 16.5. The van der Waals surface area contributed by atoms with E-state index in [1.807, 2.05) is 12.1 Å². The van der Waals surface area contributed by atoms with Gasteiger partial charge in [-0.1, -0.05) is 6.92 Å². The van der Waals surface area contributed by atoms with E-state index in [1.165, 1.54) is 6.07 Å². The number of carbonyl (C=O) groups is 2. The van der Waals surface area contributed by atoms with Gasteiger partial charge in [-0.05, 0) is 36.6 Å². The molecule has 1 aliphatic rings. The highest BCUT2D eigenvalue weighted by Gasteiger charge is 2.20. The zero-order valence-electron chi connectivity index (χ0n) is 12.7. The third-order valence-corrected chi connectivity index (χ3v) is 3.75. The van der Waals surface area contributed by atoms with Gasteiger partial charge in [-0.25, -0.2) is 4.79 Å². The van der Waals surface area contributed by atoms with Crippen LogP contribution in [-0.2, 0) is 12.8 Å². The van der Waals surface area contributed by atoms with Gasteiger partial charge < -0.3 is 19.6 Å². The average Bonchev–Trinajstić information content (AvgIpc) is 2.99. The fraction of sp³-hybridized carbons (Fsp3) is 0.294. The maximum Gasteiger partial charge on any atom is 0.339 e. The summed E-state index contributed by atoms with van der Waals surface area (Å²) in [6, 6.07) is 6.71. The second kappa shape index (κ2) is 6.16. The predicted molar refractivity (Wildman–Crippen MR) is 83.3 cm³/mol. The standard InChI is InChI=1S/C17H17NO5/c1-2-13-12(17(20)21)9-15(23-13)16(19)18-11-5-6-14-10(8-11)4-3-7-22-14/h5-6,8-9H,2-4,7H2,1H3,(H,18,19)(H,20,21). The SMILES string of the molecule is CCc1oc(C(=O)Nc2ccc3c(c2)CCCO3)cc1C(=O)O. The number of carbonyl (C=O) groups excluding carboxylic acids is 1. The smallest absolute Gasteiger partial charge is 0.339 e. The van der Waals surface area contributed by atoms with E-state index in [9.17, 15) is 9.59 Å². The Balaban J connectivity index is 1.80. The lowest BCUT2D eigenvalue weighted by Crippen LogP contribution is -2.13. The number of hydrogen-bond donors (Lipinski definition) is 2. The van der Waals surface area contributed by atoms with Gasteiger partial charge in [0.1, 0.15) is 17.1 Å². The number of hydrogen-bond acceptors (Lipinski definition) is 4. The number of nitrogens with one attached hydrogen (secondary N) is 1. The van der Waals surface area contributed by atoms with Crippen LogP contribution >= 0.6 is 0 Å². The zero-order chi connectivity index (χ0) is 16.4. The Labute approximate surface area is 133 Å². The van der Waals surface area contributed by atoms with Gasteiger partial charge in [0.25, 0.3) is 5.91 Å². The topological polar surface area (TPSA) is 88.8 Å². The molecule has 0 saturated heterocycles. The summed E-state index contributed by atoms with van der Waals surface area (Å²) in [5.41, 5.74) is 1.70. The van der Waals surface area contributed by atoms with Gasteiger partial charge in [-0.3, -0.25) is 4.79 Å². The predicted octanol–water partition coefficient (Wildman–Crippen LogP) is 3.12. The molecule has 0 atom stereocenters. The molecule has 3 rings (SSSR count). The van der Waals surface area contributed by atoms with Crippen molar-refractivity contribution >= 4 is 17.6 Å². The summed E-state index contributed by atoms with van der Waals surface area (Å²) in [6.45, 7) is 2.49. The first-order valence-corrected chi connectivity index (χ1v) is 7.51. The van der Waals surface area contributed by atoms with E-state index in [2.05, 4.69) is 5.32 Å². The number of amides is 1. The maximum atomic E-state index is 12.3. The van der Waals surface area contributed by atoms with Crippen LogP contribution in [0, 0.1) is 0 Å². The lowest BCUT2D eigenvalue weighted by atomic mass is 10.1. The summed E-state index contributed by atoms with van der Waals surface area (Å²) in [7, 11) is 0. The van der Waals surface area contributed by atoms with E-state index < -0.39 is 11.9 Å². The van der Waals surface area contributed by atoms with Crippen LogP contribution in [0.25, 0.3) is 0 Å². The molecule has 23 heavy (non-hydrogen) atoms. The first-order chi connectivity index (χ1) is 11.1. The Morgan fingerprint density at radius 3 is 2.83 bits per heavy atom. The minimum Gasteiger partial charge on any atom is -0.493 e. The second-order valence-electron chi connectivity index (χ2n) is 5.33. The van der Waals surface area contributed by atoms with Crippen molar-refractivity contribution in [2.45, 2.75) is 26.2 Å². The minimum absolute atomic E-state index is 0.00628. The molecular weight excluding hydrogens is 298 g/mol. The second-order valence-corrected chi connectivity index (χ2v) is 5.33. The Bertz CT molecular complexity index is 762. The highest BCUT2D eigenvalue weighted by Crippen LogP contribution is 2.28. The summed E-state index contributed by atoms with van der Waals surface area (Å²) in [4.78, 5) is 23.4. The van der Waals surface area contributed by atoms with Gasteiger partial charge in [0.2, 0.25) is 0 Å². The van der Waals surface area contributed by atoms with E-state index in [-0.39, 0.29) is 11.3 Å². The number of benzene rings is 1. The summed E-state index contributed by atoms with van der Waals surface area (Å²) in [5.74, 6) is -0.442. The molecule has 1 aromatic heterocycles. The van der Waals surface area contributed by atoms with E-state index >= 15 is 0 Å². The minimum atomic E-state index is -1.10. The lowest BCUT2D eigenvalue weighted by Gasteiger charge is -2.17. The van der Waals surface area contributed by atoms with Crippen molar-refractivity contribution in [1.82, 2.24) is 0 Å². The quantitative estimate of drug-likeness (QED) is 0.905. The summed E-state index contributed by atoms with van der Waals surface area (Å²) < 4.78 is 10.9.